The molecule has 1 saturated heterocycles. The summed E-state index contributed by atoms with van der Waals surface area (Å²) in [4.78, 5) is 4.85. The summed E-state index contributed by atoms with van der Waals surface area (Å²) < 4.78 is 0. The van der Waals surface area contributed by atoms with Crippen LogP contribution in [0.1, 0.15) is 18.5 Å². The van der Waals surface area contributed by atoms with E-state index < -0.39 is 0 Å². The number of nitrogens with zero attached hydrogens (tertiary/aromatic N) is 2. The summed E-state index contributed by atoms with van der Waals surface area (Å²) in [5, 5.41) is 4.42. The van der Waals surface area contributed by atoms with E-state index in [9.17, 15) is 0 Å². The van der Waals surface area contributed by atoms with Crippen molar-refractivity contribution in [3.63, 3.8) is 0 Å². The Morgan fingerprint density at radius 3 is 2.63 bits per heavy atom. The predicted octanol–water partition coefficient (Wildman–Crippen LogP) is 2.24. The van der Waals surface area contributed by atoms with Crippen molar-refractivity contribution < 1.29 is 0 Å². The smallest absolute Gasteiger partial charge is 0.0406 e. The second kappa shape index (κ2) is 6.71. The van der Waals surface area contributed by atoms with Gasteiger partial charge in [-0.05, 0) is 38.7 Å². The molecule has 106 valence electrons. The number of rotatable bonds is 4. The van der Waals surface area contributed by atoms with Gasteiger partial charge in [-0.15, -0.1) is 0 Å². The molecule has 1 N–H and O–H groups in total. The van der Waals surface area contributed by atoms with Crippen LogP contribution in [0.25, 0.3) is 0 Å². The maximum absolute atomic E-state index is 5.92. The summed E-state index contributed by atoms with van der Waals surface area (Å²) in [6, 6.07) is 9.05. The zero-order valence-electron chi connectivity index (χ0n) is 12.1. The number of hydrogen-bond acceptors (Lipinski definition) is 3. The molecule has 2 unspecified atom stereocenters. The second-order valence-corrected chi connectivity index (χ2v) is 6.01. The molecule has 1 aromatic rings. The summed E-state index contributed by atoms with van der Waals surface area (Å²) in [7, 11) is 4.41. The molecule has 2 rings (SSSR count). The lowest BCUT2D eigenvalue weighted by atomic mass is 10.1. The minimum atomic E-state index is 0.359. The first-order chi connectivity index (χ1) is 9.06. The highest BCUT2D eigenvalue weighted by atomic mass is 35.5. The first-order valence-electron chi connectivity index (χ1n) is 6.94. The topological polar surface area (TPSA) is 18.5 Å². The van der Waals surface area contributed by atoms with Gasteiger partial charge in [0.05, 0.1) is 0 Å². The standard InChI is InChI=1S/C15H24ClN3/c1-12(13-4-6-14(16)7-5-13)17-10-15-11-18(2)8-9-19(15)3/h4-7,12,15,17H,8-11H2,1-3H3. The van der Waals surface area contributed by atoms with Crippen LogP contribution in [-0.4, -0.2) is 56.1 Å². The Hall–Kier alpha value is -0.610. The molecule has 0 spiro atoms. The van der Waals surface area contributed by atoms with Crippen molar-refractivity contribution in [3.8, 4) is 0 Å². The first-order valence-corrected chi connectivity index (χ1v) is 7.31. The van der Waals surface area contributed by atoms with Crippen LogP contribution in [0, 0.1) is 0 Å². The van der Waals surface area contributed by atoms with Gasteiger partial charge >= 0.3 is 0 Å². The van der Waals surface area contributed by atoms with Gasteiger partial charge < -0.3 is 10.2 Å². The van der Waals surface area contributed by atoms with Gasteiger partial charge in [-0.3, -0.25) is 4.90 Å². The van der Waals surface area contributed by atoms with E-state index in [1.54, 1.807) is 0 Å². The zero-order valence-corrected chi connectivity index (χ0v) is 12.8. The highest BCUT2D eigenvalue weighted by Crippen LogP contribution is 2.16. The van der Waals surface area contributed by atoms with Crippen LogP contribution in [0.3, 0.4) is 0 Å². The molecule has 1 aromatic carbocycles. The summed E-state index contributed by atoms with van der Waals surface area (Å²) in [6.07, 6.45) is 0. The molecule has 0 amide bonds. The van der Waals surface area contributed by atoms with Crippen molar-refractivity contribution in [2.45, 2.75) is 19.0 Å². The molecular weight excluding hydrogens is 258 g/mol. The molecule has 2 atom stereocenters. The number of halogens is 1. The van der Waals surface area contributed by atoms with Gasteiger partial charge in [0.25, 0.3) is 0 Å². The molecule has 3 nitrogen and oxygen atoms in total. The third-order valence-corrected chi connectivity index (χ3v) is 4.26. The minimum Gasteiger partial charge on any atom is -0.309 e. The summed E-state index contributed by atoms with van der Waals surface area (Å²) in [5.74, 6) is 0. The van der Waals surface area contributed by atoms with Gasteiger partial charge in [0, 0.05) is 43.3 Å². The lowest BCUT2D eigenvalue weighted by molar-refractivity contribution is 0.112. The van der Waals surface area contributed by atoms with Crippen molar-refractivity contribution in [2.24, 2.45) is 0 Å². The Labute approximate surface area is 121 Å². The summed E-state index contributed by atoms with van der Waals surface area (Å²) in [6.45, 7) is 6.68. The second-order valence-electron chi connectivity index (χ2n) is 5.58. The maximum atomic E-state index is 5.92. The Morgan fingerprint density at radius 1 is 1.26 bits per heavy atom. The highest BCUT2D eigenvalue weighted by molar-refractivity contribution is 6.30. The van der Waals surface area contributed by atoms with Crippen LogP contribution >= 0.6 is 11.6 Å². The van der Waals surface area contributed by atoms with Crippen LogP contribution in [0.15, 0.2) is 24.3 Å². The molecular formula is C15H24ClN3. The van der Waals surface area contributed by atoms with E-state index in [4.69, 9.17) is 11.6 Å². The van der Waals surface area contributed by atoms with Gasteiger partial charge in [0.15, 0.2) is 0 Å². The van der Waals surface area contributed by atoms with E-state index in [1.807, 2.05) is 12.1 Å². The fourth-order valence-corrected chi connectivity index (χ4v) is 2.63. The Morgan fingerprint density at radius 2 is 1.95 bits per heavy atom. The normalized spacial score (nSPS) is 23.5. The van der Waals surface area contributed by atoms with Crippen LogP contribution in [-0.2, 0) is 0 Å². The van der Waals surface area contributed by atoms with E-state index in [0.29, 0.717) is 12.1 Å². The van der Waals surface area contributed by atoms with Crippen molar-refractivity contribution in [3.05, 3.63) is 34.9 Å². The predicted molar refractivity (Wildman–Crippen MR) is 81.8 cm³/mol. The summed E-state index contributed by atoms with van der Waals surface area (Å²) >= 11 is 5.92. The molecule has 1 aliphatic rings. The lowest BCUT2D eigenvalue weighted by Crippen LogP contribution is -2.53. The van der Waals surface area contributed by atoms with Gasteiger partial charge in [-0.1, -0.05) is 23.7 Å². The van der Waals surface area contributed by atoms with Crippen molar-refractivity contribution in [1.82, 2.24) is 15.1 Å². The fourth-order valence-electron chi connectivity index (χ4n) is 2.50. The van der Waals surface area contributed by atoms with E-state index in [0.717, 1.165) is 24.7 Å². The molecule has 1 fully saturated rings. The molecule has 0 aliphatic carbocycles. The summed E-state index contributed by atoms with van der Waals surface area (Å²) in [5.41, 5.74) is 1.29. The molecule has 19 heavy (non-hydrogen) atoms. The molecule has 0 saturated carbocycles. The van der Waals surface area contributed by atoms with E-state index >= 15 is 0 Å². The SMILES string of the molecule is CC(NCC1CN(C)CCN1C)c1ccc(Cl)cc1. The van der Waals surface area contributed by atoms with Gasteiger partial charge in [-0.25, -0.2) is 0 Å². The Bertz CT molecular complexity index is 393. The third kappa shape index (κ3) is 4.18. The van der Waals surface area contributed by atoms with E-state index in [-0.39, 0.29) is 0 Å². The highest BCUT2D eigenvalue weighted by Gasteiger charge is 2.22. The lowest BCUT2D eigenvalue weighted by Gasteiger charge is -2.38. The van der Waals surface area contributed by atoms with Crippen LogP contribution in [0.2, 0.25) is 5.02 Å². The zero-order chi connectivity index (χ0) is 13.8. The number of benzene rings is 1. The molecule has 0 aromatic heterocycles. The quantitative estimate of drug-likeness (QED) is 0.913. The molecule has 4 heteroatoms. The number of hydrogen-bond donors (Lipinski definition) is 1. The van der Waals surface area contributed by atoms with Crippen LogP contribution in [0.5, 0.6) is 0 Å². The number of likely N-dealkylation sites (N-methyl/N-ethyl adjacent to an activating group) is 2. The van der Waals surface area contributed by atoms with Gasteiger partial charge in [0.2, 0.25) is 0 Å². The monoisotopic (exact) mass is 281 g/mol. The van der Waals surface area contributed by atoms with Crippen molar-refractivity contribution in [1.29, 1.82) is 0 Å². The average molecular weight is 282 g/mol. The molecule has 0 bridgehead atoms. The molecule has 1 aliphatic heterocycles. The Kier molecular flexibility index (Phi) is 5.22. The minimum absolute atomic E-state index is 0.359. The maximum Gasteiger partial charge on any atom is 0.0406 e. The van der Waals surface area contributed by atoms with Crippen molar-refractivity contribution in [2.75, 3.05) is 40.3 Å². The van der Waals surface area contributed by atoms with E-state index in [2.05, 4.69) is 48.3 Å². The van der Waals surface area contributed by atoms with Crippen molar-refractivity contribution >= 4 is 11.6 Å². The van der Waals surface area contributed by atoms with Gasteiger partial charge in [0.1, 0.15) is 0 Å². The molecule has 0 radical (unpaired) electrons. The fraction of sp³-hybridized carbons (Fsp3) is 0.600. The largest absolute Gasteiger partial charge is 0.309 e. The van der Waals surface area contributed by atoms with Crippen LogP contribution in [0.4, 0.5) is 0 Å². The van der Waals surface area contributed by atoms with Crippen LogP contribution < -0.4 is 5.32 Å². The average Bonchev–Trinajstić information content (AvgIpc) is 2.40. The number of nitrogens with one attached hydrogen (secondary N) is 1. The number of piperazine rings is 1. The molecule has 1 heterocycles. The van der Waals surface area contributed by atoms with Gasteiger partial charge in [-0.2, -0.15) is 0 Å². The van der Waals surface area contributed by atoms with E-state index in [1.165, 1.54) is 12.1 Å². The Balaban J connectivity index is 1.85. The third-order valence-electron chi connectivity index (χ3n) is 4.01. The first kappa shape index (κ1) is 14.8.